The number of nitrogens with zero attached hydrogens (tertiary/aromatic N) is 1. The zero-order valence-electron chi connectivity index (χ0n) is 14.4. The summed E-state index contributed by atoms with van der Waals surface area (Å²) < 4.78 is 0. The van der Waals surface area contributed by atoms with Crippen molar-refractivity contribution in [2.45, 2.75) is 45.7 Å². The predicted octanol–water partition coefficient (Wildman–Crippen LogP) is 2.36. The molecular formula is C18H29N3O2. The minimum atomic E-state index is -0.207. The van der Waals surface area contributed by atoms with E-state index in [-0.39, 0.29) is 30.1 Å². The number of hydrogen-bond donors (Lipinski definition) is 3. The molecule has 0 bridgehead atoms. The lowest BCUT2D eigenvalue weighted by Gasteiger charge is -2.26. The van der Waals surface area contributed by atoms with Gasteiger partial charge in [0.1, 0.15) is 0 Å². The molecule has 0 aromatic heterocycles. The van der Waals surface area contributed by atoms with Crippen LogP contribution < -0.4 is 15.5 Å². The fraction of sp³-hybridized carbons (Fsp3) is 0.611. The molecule has 128 valence electrons. The maximum Gasteiger partial charge on any atom is 0.315 e. The van der Waals surface area contributed by atoms with E-state index in [0.717, 1.165) is 25.9 Å². The number of hydrogen-bond acceptors (Lipinski definition) is 3. The zero-order valence-corrected chi connectivity index (χ0v) is 14.4. The van der Waals surface area contributed by atoms with Crippen molar-refractivity contribution < 1.29 is 9.90 Å². The smallest absolute Gasteiger partial charge is 0.315 e. The zero-order chi connectivity index (χ0) is 16.9. The van der Waals surface area contributed by atoms with Crippen LogP contribution in [0.1, 0.15) is 33.6 Å². The summed E-state index contributed by atoms with van der Waals surface area (Å²) >= 11 is 0. The van der Waals surface area contributed by atoms with E-state index in [0.29, 0.717) is 0 Å². The topological polar surface area (TPSA) is 64.6 Å². The summed E-state index contributed by atoms with van der Waals surface area (Å²) in [6.07, 6.45) is 1.68. The summed E-state index contributed by atoms with van der Waals surface area (Å²) in [6.45, 7) is 8.03. The molecule has 0 radical (unpaired) electrons. The number of carbonyl (C=O) groups excluding carboxylic acids is 1. The Labute approximate surface area is 139 Å². The number of rotatable bonds is 5. The molecule has 1 aromatic carbocycles. The van der Waals surface area contributed by atoms with Crippen molar-refractivity contribution in [3.8, 4) is 0 Å². The van der Waals surface area contributed by atoms with Crippen molar-refractivity contribution >= 4 is 11.7 Å². The molecule has 1 aliphatic rings. The summed E-state index contributed by atoms with van der Waals surface area (Å²) in [5, 5.41) is 15.4. The fourth-order valence-corrected chi connectivity index (χ4v) is 3.06. The first-order chi connectivity index (χ1) is 10.9. The van der Waals surface area contributed by atoms with Gasteiger partial charge in [-0.25, -0.2) is 4.79 Å². The van der Waals surface area contributed by atoms with Crippen molar-refractivity contribution in [2.24, 2.45) is 5.41 Å². The highest BCUT2D eigenvalue weighted by Crippen LogP contribution is 2.21. The van der Waals surface area contributed by atoms with Gasteiger partial charge in [-0.05, 0) is 30.4 Å². The first-order valence-corrected chi connectivity index (χ1v) is 8.35. The van der Waals surface area contributed by atoms with Crippen molar-refractivity contribution in [1.82, 2.24) is 10.6 Å². The van der Waals surface area contributed by atoms with Crippen LogP contribution in [0.2, 0.25) is 0 Å². The van der Waals surface area contributed by atoms with Gasteiger partial charge in [0.25, 0.3) is 0 Å². The third kappa shape index (κ3) is 5.75. The molecule has 2 amide bonds. The van der Waals surface area contributed by atoms with Crippen molar-refractivity contribution in [3.05, 3.63) is 30.3 Å². The second-order valence-electron chi connectivity index (χ2n) is 7.53. The van der Waals surface area contributed by atoms with Gasteiger partial charge in [0.2, 0.25) is 0 Å². The maximum atomic E-state index is 12.1. The highest BCUT2D eigenvalue weighted by Gasteiger charge is 2.25. The Morgan fingerprint density at radius 1 is 1.35 bits per heavy atom. The number of aliphatic hydroxyl groups is 1. The molecule has 1 aromatic rings. The summed E-state index contributed by atoms with van der Waals surface area (Å²) in [4.78, 5) is 14.4. The minimum absolute atomic E-state index is 0.0362. The number of aliphatic hydroxyl groups excluding tert-OH is 1. The van der Waals surface area contributed by atoms with E-state index in [1.807, 2.05) is 18.2 Å². The SMILES string of the molecule is CC(C)(C)CC(CO)NC(=O)NC1CCN(c2ccccc2)C1. The molecule has 3 N–H and O–H groups in total. The van der Waals surface area contributed by atoms with Crippen LogP contribution in [0, 0.1) is 5.41 Å². The lowest BCUT2D eigenvalue weighted by Crippen LogP contribution is -2.49. The van der Waals surface area contributed by atoms with Crippen LogP contribution in [0.3, 0.4) is 0 Å². The number of amides is 2. The number of para-hydroxylation sites is 1. The van der Waals surface area contributed by atoms with Crippen LogP contribution in [-0.2, 0) is 0 Å². The minimum Gasteiger partial charge on any atom is -0.394 e. The van der Waals surface area contributed by atoms with E-state index in [9.17, 15) is 9.90 Å². The molecule has 1 heterocycles. The molecule has 0 spiro atoms. The lowest BCUT2D eigenvalue weighted by molar-refractivity contribution is 0.189. The molecule has 23 heavy (non-hydrogen) atoms. The molecule has 2 unspecified atom stereocenters. The van der Waals surface area contributed by atoms with Gasteiger partial charge in [-0.1, -0.05) is 39.0 Å². The predicted molar refractivity (Wildman–Crippen MR) is 93.7 cm³/mol. The molecule has 5 nitrogen and oxygen atoms in total. The quantitative estimate of drug-likeness (QED) is 0.780. The summed E-state index contributed by atoms with van der Waals surface area (Å²) in [6, 6.07) is 10.00. The molecule has 1 fully saturated rings. The lowest BCUT2D eigenvalue weighted by atomic mass is 9.88. The Morgan fingerprint density at radius 3 is 2.65 bits per heavy atom. The Bertz CT molecular complexity index is 499. The number of anilines is 1. The molecule has 0 aliphatic carbocycles. The highest BCUT2D eigenvalue weighted by molar-refractivity contribution is 5.74. The maximum absolute atomic E-state index is 12.1. The third-order valence-corrected chi connectivity index (χ3v) is 4.06. The Hall–Kier alpha value is -1.75. The van der Waals surface area contributed by atoms with Gasteiger partial charge in [-0.15, -0.1) is 0 Å². The molecule has 1 saturated heterocycles. The van der Waals surface area contributed by atoms with E-state index in [2.05, 4.69) is 48.4 Å². The molecule has 2 rings (SSSR count). The summed E-state index contributed by atoms with van der Waals surface area (Å²) in [7, 11) is 0. The van der Waals surface area contributed by atoms with Gasteiger partial charge in [0.05, 0.1) is 12.6 Å². The van der Waals surface area contributed by atoms with E-state index in [1.165, 1.54) is 5.69 Å². The van der Waals surface area contributed by atoms with E-state index >= 15 is 0 Å². The van der Waals surface area contributed by atoms with Crippen molar-refractivity contribution in [1.29, 1.82) is 0 Å². The van der Waals surface area contributed by atoms with Gasteiger partial charge in [0, 0.05) is 24.8 Å². The number of benzene rings is 1. The first-order valence-electron chi connectivity index (χ1n) is 8.35. The van der Waals surface area contributed by atoms with Gasteiger partial charge in [0.15, 0.2) is 0 Å². The van der Waals surface area contributed by atoms with Gasteiger partial charge in [-0.2, -0.15) is 0 Å². The van der Waals surface area contributed by atoms with Gasteiger partial charge < -0.3 is 20.6 Å². The Kier molecular flexibility index (Phi) is 5.88. The summed E-state index contributed by atoms with van der Waals surface area (Å²) in [5.74, 6) is 0. The van der Waals surface area contributed by atoms with E-state index < -0.39 is 0 Å². The average Bonchev–Trinajstić information content (AvgIpc) is 2.94. The first kappa shape index (κ1) is 17.6. The average molecular weight is 319 g/mol. The number of carbonyl (C=O) groups is 1. The molecule has 5 heteroatoms. The largest absolute Gasteiger partial charge is 0.394 e. The van der Waals surface area contributed by atoms with E-state index in [4.69, 9.17) is 0 Å². The standard InChI is InChI=1S/C18H29N3O2/c1-18(2,3)11-15(13-22)20-17(23)19-14-9-10-21(12-14)16-7-5-4-6-8-16/h4-8,14-15,22H,9-13H2,1-3H3,(H2,19,20,23). The number of urea groups is 1. The Balaban J connectivity index is 1.80. The monoisotopic (exact) mass is 319 g/mol. The second kappa shape index (κ2) is 7.68. The van der Waals surface area contributed by atoms with Crippen LogP contribution in [-0.4, -0.2) is 42.9 Å². The van der Waals surface area contributed by atoms with Crippen LogP contribution in [0.4, 0.5) is 10.5 Å². The van der Waals surface area contributed by atoms with Gasteiger partial charge in [-0.3, -0.25) is 0 Å². The normalized spacial score (nSPS) is 19.5. The Morgan fingerprint density at radius 2 is 2.04 bits per heavy atom. The molecular weight excluding hydrogens is 290 g/mol. The fourth-order valence-electron chi connectivity index (χ4n) is 3.06. The van der Waals surface area contributed by atoms with E-state index in [1.54, 1.807) is 0 Å². The molecule has 2 atom stereocenters. The van der Waals surface area contributed by atoms with Crippen molar-refractivity contribution in [3.63, 3.8) is 0 Å². The van der Waals surface area contributed by atoms with Gasteiger partial charge >= 0.3 is 6.03 Å². The van der Waals surface area contributed by atoms with Crippen LogP contribution in [0.15, 0.2) is 30.3 Å². The molecule has 1 aliphatic heterocycles. The van der Waals surface area contributed by atoms with Crippen LogP contribution in [0.25, 0.3) is 0 Å². The van der Waals surface area contributed by atoms with Crippen LogP contribution >= 0.6 is 0 Å². The summed E-state index contributed by atoms with van der Waals surface area (Å²) in [5.41, 5.74) is 1.26. The molecule has 0 saturated carbocycles. The third-order valence-electron chi connectivity index (χ3n) is 4.06. The van der Waals surface area contributed by atoms with Crippen molar-refractivity contribution in [2.75, 3.05) is 24.6 Å². The highest BCUT2D eigenvalue weighted by atomic mass is 16.3. The van der Waals surface area contributed by atoms with Crippen LogP contribution in [0.5, 0.6) is 0 Å². The number of nitrogens with one attached hydrogen (secondary N) is 2. The second-order valence-corrected chi connectivity index (χ2v) is 7.53.